The molecule has 0 bridgehead atoms. The van der Waals surface area contributed by atoms with Crippen molar-refractivity contribution in [3.63, 3.8) is 0 Å². The number of nitrogens with one attached hydrogen (secondary N) is 2. The van der Waals surface area contributed by atoms with E-state index < -0.39 is 16.1 Å². The van der Waals surface area contributed by atoms with Crippen LogP contribution in [0.5, 0.6) is 5.75 Å². The molecule has 0 spiro atoms. The molecule has 2 fully saturated rings. The SMILES string of the molecule is O=C1CN(c2ccc(NS(=O)(=O)c3cccc(OCC4CC4)c3)cc2)C(=O)N1. The molecule has 1 saturated heterocycles. The Morgan fingerprint density at radius 1 is 1.11 bits per heavy atom. The number of ether oxygens (including phenoxy) is 1. The number of carbonyl (C=O) groups excluding carboxylic acids is 2. The van der Waals surface area contributed by atoms with Gasteiger partial charge < -0.3 is 4.74 Å². The van der Waals surface area contributed by atoms with Gasteiger partial charge in [0.2, 0.25) is 5.91 Å². The molecular weight excluding hydrogens is 382 g/mol. The van der Waals surface area contributed by atoms with Crippen molar-refractivity contribution in [2.75, 3.05) is 22.8 Å². The molecule has 3 amide bonds. The van der Waals surface area contributed by atoms with Crippen LogP contribution in [-0.4, -0.2) is 33.5 Å². The monoisotopic (exact) mass is 401 g/mol. The lowest BCUT2D eigenvalue weighted by atomic mass is 10.2. The molecule has 1 aliphatic heterocycles. The fraction of sp³-hybridized carbons (Fsp3) is 0.263. The minimum Gasteiger partial charge on any atom is -0.493 e. The van der Waals surface area contributed by atoms with E-state index in [0.29, 0.717) is 29.6 Å². The lowest BCUT2D eigenvalue weighted by Crippen LogP contribution is -2.27. The maximum atomic E-state index is 12.7. The third-order valence-corrected chi connectivity index (χ3v) is 5.90. The van der Waals surface area contributed by atoms with E-state index in [9.17, 15) is 18.0 Å². The van der Waals surface area contributed by atoms with Crippen LogP contribution in [0.2, 0.25) is 0 Å². The van der Waals surface area contributed by atoms with Crippen LogP contribution in [0.15, 0.2) is 53.4 Å². The van der Waals surface area contributed by atoms with Gasteiger partial charge >= 0.3 is 6.03 Å². The highest BCUT2D eigenvalue weighted by molar-refractivity contribution is 7.92. The number of carbonyl (C=O) groups is 2. The first kappa shape index (κ1) is 18.3. The summed E-state index contributed by atoms with van der Waals surface area (Å²) in [5.74, 6) is 0.721. The Hall–Kier alpha value is -3.07. The summed E-state index contributed by atoms with van der Waals surface area (Å²) in [6.07, 6.45) is 2.31. The van der Waals surface area contributed by atoms with Gasteiger partial charge in [0.25, 0.3) is 10.0 Å². The van der Waals surface area contributed by atoms with E-state index in [1.54, 1.807) is 24.3 Å². The van der Waals surface area contributed by atoms with Crippen LogP contribution in [0.3, 0.4) is 0 Å². The molecule has 2 N–H and O–H groups in total. The largest absolute Gasteiger partial charge is 0.493 e. The molecule has 0 aromatic heterocycles. The summed E-state index contributed by atoms with van der Waals surface area (Å²) in [6.45, 7) is 0.544. The van der Waals surface area contributed by atoms with Crippen molar-refractivity contribution >= 4 is 33.3 Å². The van der Waals surface area contributed by atoms with Gasteiger partial charge in [0.15, 0.2) is 0 Å². The van der Waals surface area contributed by atoms with Gasteiger partial charge in [-0.2, -0.15) is 0 Å². The quantitative estimate of drug-likeness (QED) is 0.693. The van der Waals surface area contributed by atoms with Gasteiger partial charge in [-0.05, 0) is 55.2 Å². The maximum absolute atomic E-state index is 12.7. The molecule has 9 heteroatoms. The smallest absolute Gasteiger partial charge is 0.329 e. The van der Waals surface area contributed by atoms with Crippen molar-refractivity contribution in [2.45, 2.75) is 17.7 Å². The van der Waals surface area contributed by atoms with Crippen LogP contribution in [0.25, 0.3) is 0 Å². The summed E-state index contributed by atoms with van der Waals surface area (Å²) in [7, 11) is -3.79. The number of benzene rings is 2. The topological polar surface area (TPSA) is 105 Å². The Morgan fingerprint density at radius 3 is 2.50 bits per heavy atom. The number of imide groups is 1. The molecule has 0 unspecified atom stereocenters. The van der Waals surface area contributed by atoms with Crippen molar-refractivity contribution in [3.8, 4) is 5.75 Å². The minimum absolute atomic E-state index is 0.0580. The average molecular weight is 401 g/mol. The predicted molar refractivity (Wildman–Crippen MR) is 103 cm³/mol. The molecule has 2 aliphatic rings. The number of anilines is 2. The highest BCUT2D eigenvalue weighted by Gasteiger charge is 2.28. The Bertz CT molecular complexity index is 1020. The Labute approximate surface area is 162 Å². The van der Waals surface area contributed by atoms with E-state index in [-0.39, 0.29) is 17.3 Å². The van der Waals surface area contributed by atoms with Crippen molar-refractivity contribution in [2.24, 2.45) is 5.92 Å². The predicted octanol–water partition coefficient (Wildman–Crippen LogP) is 2.33. The standard InChI is InChI=1S/C19H19N3O5S/c23-18-11-22(19(24)20-18)15-8-6-14(7-9-15)21-28(25,26)17-3-1-2-16(10-17)27-12-13-4-5-13/h1-3,6-10,13,21H,4-5,11-12H2,(H,20,23,24). The van der Waals surface area contributed by atoms with Crippen LogP contribution in [0, 0.1) is 5.92 Å². The van der Waals surface area contributed by atoms with E-state index in [4.69, 9.17) is 4.74 Å². The number of urea groups is 1. The summed E-state index contributed by atoms with van der Waals surface area (Å²) in [6, 6.07) is 12.1. The van der Waals surface area contributed by atoms with Gasteiger partial charge in [-0.3, -0.25) is 19.7 Å². The van der Waals surface area contributed by atoms with Crippen molar-refractivity contribution in [1.82, 2.24) is 5.32 Å². The lowest BCUT2D eigenvalue weighted by molar-refractivity contribution is -0.117. The molecule has 2 aromatic carbocycles. The van der Waals surface area contributed by atoms with E-state index in [1.807, 2.05) is 0 Å². The average Bonchev–Trinajstić information content (AvgIpc) is 3.44. The number of hydrogen-bond acceptors (Lipinski definition) is 5. The highest BCUT2D eigenvalue weighted by atomic mass is 32.2. The molecule has 0 radical (unpaired) electrons. The van der Waals surface area contributed by atoms with Crippen LogP contribution >= 0.6 is 0 Å². The molecule has 0 atom stereocenters. The van der Waals surface area contributed by atoms with Gasteiger partial charge in [-0.15, -0.1) is 0 Å². The summed E-state index contributed by atoms with van der Waals surface area (Å²) < 4.78 is 33.5. The zero-order chi connectivity index (χ0) is 19.7. The summed E-state index contributed by atoms with van der Waals surface area (Å²) in [4.78, 5) is 24.4. The number of nitrogens with zero attached hydrogens (tertiary/aromatic N) is 1. The maximum Gasteiger partial charge on any atom is 0.329 e. The molecule has 1 saturated carbocycles. The van der Waals surface area contributed by atoms with Crippen LogP contribution in [0.1, 0.15) is 12.8 Å². The summed E-state index contributed by atoms with van der Waals surface area (Å²) in [5.41, 5.74) is 0.848. The first-order chi connectivity index (χ1) is 13.4. The molecule has 8 nitrogen and oxygen atoms in total. The minimum atomic E-state index is -3.79. The van der Waals surface area contributed by atoms with Crippen molar-refractivity contribution in [3.05, 3.63) is 48.5 Å². The van der Waals surface area contributed by atoms with E-state index in [1.165, 1.54) is 29.2 Å². The normalized spacial score (nSPS) is 16.8. The van der Waals surface area contributed by atoms with E-state index in [0.717, 1.165) is 12.8 Å². The third-order valence-electron chi connectivity index (χ3n) is 4.52. The second-order valence-electron chi connectivity index (χ2n) is 6.82. The van der Waals surface area contributed by atoms with Crippen molar-refractivity contribution in [1.29, 1.82) is 0 Å². The highest BCUT2D eigenvalue weighted by Crippen LogP contribution is 2.30. The van der Waals surface area contributed by atoms with Crippen LogP contribution < -0.4 is 19.7 Å². The van der Waals surface area contributed by atoms with Gasteiger partial charge in [0.1, 0.15) is 12.3 Å². The van der Waals surface area contributed by atoms with Gasteiger partial charge in [0.05, 0.1) is 11.5 Å². The molecule has 1 heterocycles. The molecule has 146 valence electrons. The first-order valence-corrected chi connectivity index (χ1v) is 10.4. The first-order valence-electron chi connectivity index (χ1n) is 8.88. The molecular formula is C19H19N3O5S. The van der Waals surface area contributed by atoms with Gasteiger partial charge in [-0.25, -0.2) is 13.2 Å². The zero-order valence-corrected chi connectivity index (χ0v) is 15.7. The number of hydrogen-bond donors (Lipinski definition) is 2. The zero-order valence-electron chi connectivity index (χ0n) is 14.9. The molecule has 28 heavy (non-hydrogen) atoms. The molecule has 1 aliphatic carbocycles. The van der Waals surface area contributed by atoms with Gasteiger partial charge in [-0.1, -0.05) is 6.07 Å². The fourth-order valence-electron chi connectivity index (χ4n) is 2.80. The summed E-state index contributed by atoms with van der Waals surface area (Å²) in [5, 5.41) is 2.19. The number of amides is 3. The van der Waals surface area contributed by atoms with Crippen molar-refractivity contribution < 1.29 is 22.7 Å². The third kappa shape index (κ3) is 4.09. The second kappa shape index (κ2) is 7.16. The van der Waals surface area contributed by atoms with Gasteiger partial charge in [0, 0.05) is 17.4 Å². The van der Waals surface area contributed by atoms with E-state index in [2.05, 4.69) is 10.0 Å². The van der Waals surface area contributed by atoms with E-state index >= 15 is 0 Å². The molecule has 2 aromatic rings. The second-order valence-corrected chi connectivity index (χ2v) is 8.50. The number of rotatable bonds is 7. The Balaban J connectivity index is 1.46. The van der Waals surface area contributed by atoms with Crippen LogP contribution in [-0.2, 0) is 14.8 Å². The van der Waals surface area contributed by atoms with Crippen LogP contribution in [0.4, 0.5) is 16.2 Å². The number of sulfonamides is 1. The lowest BCUT2D eigenvalue weighted by Gasteiger charge is -2.14. The Kier molecular flexibility index (Phi) is 4.68. The summed E-state index contributed by atoms with van der Waals surface area (Å²) >= 11 is 0. The fourth-order valence-corrected chi connectivity index (χ4v) is 3.90. The Morgan fingerprint density at radius 2 is 1.86 bits per heavy atom. The molecule has 4 rings (SSSR count).